The van der Waals surface area contributed by atoms with Crippen molar-refractivity contribution in [2.45, 2.75) is 13.3 Å². The molecule has 4 heteroatoms. The van der Waals surface area contributed by atoms with Gasteiger partial charge >= 0.3 is 0 Å². The Morgan fingerprint density at radius 3 is 3.07 bits per heavy atom. The van der Waals surface area contributed by atoms with Crippen LogP contribution in [0.25, 0.3) is 0 Å². The van der Waals surface area contributed by atoms with Crippen molar-refractivity contribution in [2.75, 3.05) is 18.8 Å². The summed E-state index contributed by atoms with van der Waals surface area (Å²) >= 11 is 0. The van der Waals surface area contributed by atoms with E-state index in [1.807, 2.05) is 6.92 Å². The first kappa shape index (κ1) is 10.1. The topological polar surface area (TPSA) is 68.0 Å². The number of Topliss-reactive ketones (excluding diaryl/α,β-unsaturated/α-hetero) is 1. The Kier molecular flexibility index (Phi) is 2.44. The number of carbonyl (C=O) groups is 1. The van der Waals surface area contributed by atoms with Gasteiger partial charge in [-0.1, -0.05) is 6.92 Å². The Morgan fingerprint density at radius 1 is 1.67 bits per heavy atom. The van der Waals surface area contributed by atoms with Gasteiger partial charge in [0.2, 0.25) is 0 Å². The molecule has 15 heavy (non-hydrogen) atoms. The number of hydrogen-bond donors (Lipinski definition) is 2. The number of nitrogens with two attached hydrogens (primary N) is 1. The second kappa shape index (κ2) is 3.62. The summed E-state index contributed by atoms with van der Waals surface area (Å²) in [5, 5.41) is 3.20. The van der Waals surface area contributed by atoms with Crippen LogP contribution in [-0.2, 0) is 0 Å². The summed E-state index contributed by atoms with van der Waals surface area (Å²) in [6, 6.07) is 3.49. The number of anilines is 1. The lowest BCUT2D eigenvalue weighted by Gasteiger charge is -2.21. The predicted octanol–water partition coefficient (Wildman–Crippen LogP) is 0.846. The summed E-state index contributed by atoms with van der Waals surface area (Å²) in [4.78, 5) is 16.2. The molecule has 2 rings (SSSR count). The van der Waals surface area contributed by atoms with Gasteiger partial charge in [-0.25, -0.2) is 4.98 Å². The zero-order valence-corrected chi connectivity index (χ0v) is 8.79. The fraction of sp³-hybridized carbons (Fsp3) is 0.455. The van der Waals surface area contributed by atoms with Crippen LogP contribution in [0.5, 0.6) is 0 Å². The number of nitrogens with one attached hydrogen (secondary N) is 1. The number of hydrogen-bond acceptors (Lipinski definition) is 4. The molecule has 1 aliphatic heterocycles. The van der Waals surface area contributed by atoms with E-state index in [1.54, 1.807) is 18.3 Å². The monoisotopic (exact) mass is 205 g/mol. The summed E-state index contributed by atoms with van der Waals surface area (Å²) in [6.07, 6.45) is 2.46. The molecule has 1 atom stereocenters. The highest BCUT2D eigenvalue weighted by atomic mass is 16.1. The molecule has 0 radical (unpaired) electrons. The molecule has 2 heterocycles. The van der Waals surface area contributed by atoms with E-state index in [9.17, 15) is 4.79 Å². The minimum Gasteiger partial charge on any atom is -0.383 e. The van der Waals surface area contributed by atoms with Gasteiger partial charge in [0.15, 0.2) is 5.78 Å². The largest absolute Gasteiger partial charge is 0.383 e. The second-order valence-electron chi connectivity index (χ2n) is 4.25. The van der Waals surface area contributed by atoms with Gasteiger partial charge in [0.25, 0.3) is 0 Å². The Morgan fingerprint density at radius 2 is 2.47 bits per heavy atom. The van der Waals surface area contributed by atoms with Gasteiger partial charge in [0.1, 0.15) is 5.82 Å². The minimum atomic E-state index is -0.322. The highest BCUT2D eigenvalue weighted by Gasteiger charge is 2.37. The summed E-state index contributed by atoms with van der Waals surface area (Å²) in [5.41, 5.74) is 5.92. The molecule has 1 aromatic rings. The van der Waals surface area contributed by atoms with E-state index in [2.05, 4.69) is 10.3 Å². The smallest absolute Gasteiger partial charge is 0.173 e. The summed E-state index contributed by atoms with van der Waals surface area (Å²) in [7, 11) is 0. The molecule has 1 unspecified atom stereocenters. The lowest BCUT2D eigenvalue weighted by Crippen LogP contribution is -2.30. The van der Waals surface area contributed by atoms with E-state index in [4.69, 9.17) is 5.73 Å². The molecule has 0 aromatic carbocycles. The van der Waals surface area contributed by atoms with Crippen molar-refractivity contribution in [1.29, 1.82) is 0 Å². The van der Waals surface area contributed by atoms with E-state index in [0.717, 1.165) is 19.5 Å². The van der Waals surface area contributed by atoms with Gasteiger partial charge in [-0.3, -0.25) is 4.79 Å². The van der Waals surface area contributed by atoms with E-state index in [-0.39, 0.29) is 11.2 Å². The molecule has 1 aliphatic rings. The maximum absolute atomic E-state index is 12.2. The molecule has 1 saturated heterocycles. The SMILES string of the molecule is CC1(C(=O)c2cccnc2N)CCNC1. The molecule has 0 aliphatic carbocycles. The van der Waals surface area contributed by atoms with Crippen molar-refractivity contribution in [1.82, 2.24) is 10.3 Å². The van der Waals surface area contributed by atoms with Crippen LogP contribution in [-0.4, -0.2) is 23.9 Å². The third-order valence-electron chi connectivity index (χ3n) is 3.00. The minimum absolute atomic E-state index is 0.0955. The van der Waals surface area contributed by atoms with Gasteiger partial charge in [-0.05, 0) is 25.1 Å². The maximum atomic E-state index is 12.2. The molecule has 1 fully saturated rings. The van der Waals surface area contributed by atoms with Crippen LogP contribution in [0.2, 0.25) is 0 Å². The molecular weight excluding hydrogens is 190 g/mol. The Balaban J connectivity index is 2.32. The maximum Gasteiger partial charge on any atom is 0.173 e. The number of nitrogen functional groups attached to an aromatic ring is 1. The molecule has 0 spiro atoms. The van der Waals surface area contributed by atoms with Gasteiger partial charge in [-0.15, -0.1) is 0 Å². The number of rotatable bonds is 2. The molecular formula is C11H15N3O. The van der Waals surface area contributed by atoms with E-state index < -0.39 is 0 Å². The molecule has 80 valence electrons. The Bertz CT molecular complexity index is 383. The molecule has 4 nitrogen and oxygen atoms in total. The molecule has 0 bridgehead atoms. The number of aromatic nitrogens is 1. The Labute approximate surface area is 88.9 Å². The highest BCUT2D eigenvalue weighted by Crippen LogP contribution is 2.30. The number of ketones is 1. The van der Waals surface area contributed by atoms with Crippen molar-refractivity contribution in [3.05, 3.63) is 23.9 Å². The van der Waals surface area contributed by atoms with Crippen LogP contribution in [0.15, 0.2) is 18.3 Å². The number of carbonyl (C=O) groups excluding carboxylic acids is 1. The number of pyridine rings is 1. The normalized spacial score (nSPS) is 25.4. The Hall–Kier alpha value is -1.42. The van der Waals surface area contributed by atoms with Crippen LogP contribution in [0, 0.1) is 5.41 Å². The van der Waals surface area contributed by atoms with Crippen molar-refractivity contribution in [2.24, 2.45) is 5.41 Å². The summed E-state index contributed by atoms with van der Waals surface area (Å²) in [6.45, 7) is 3.59. The molecule has 1 aromatic heterocycles. The van der Waals surface area contributed by atoms with Crippen LogP contribution < -0.4 is 11.1 Å². The van der Waals surface area contributed by atoms with Crippen LogP contribution in [0.3, 0.4) is 0 Å². The second-order valence-corrected chi connectivity index (χ2v) is 4.25. The summed E-state index contributed by atoms with van der Waals surface area (Å²) in [5.74, 6) is 0.425. The standard InChI is InChI=1S/C11H15N3O/c1-11(4-6-13-7-11)9(15)8-3-2-5-14-10(8)12/h2-3,5,13H,4,6-7H2,1H3,(H2,12,14). The van der Waals surface area contributed by atoms with Crippen LogP contribution in [0.1, 0.15) is 23.7 Å². The fourth-order valence-electron chi connectivity index (χ4n) is 1.95. The predicted molar refractivity (Wildman–Crippen MR) is 58.6 cm³/mol. The zero-order valence-electron chi connectivity index (χ0n) is 8.79. The highest BCUT2D eigenvalue weighted by molar-refractivity contribution is 6.04. The lowest BCUT2D eigenvalue weighted by molar-refractivity contribution is 0.0840. The van der Waals surface area contributed by atoms with Gasteiger partial charge < -0.3 is 11.1 Å². The first-order valence-electron chi connectivity index (χ1n) is 5.09. The molecule has 3 N–H and O–H groups in total. The van der Waals surface area contributed by atoms with Crippen molar-refractivity contribution in [3.8, 4) is 0 Å². The van der Waals surface area contributed by atoms with E-state index in [1.165, 1.54) is 0 Å². The van der Waals surface area contributed by atoms with E-state index >= 15 is 0 Å². The van der Waals surface area contributed by atoms with Crippen molar-refractivity contribution in [3.63, 3.8) is 0 Å². The lowest BCUT2D eigenvalue weighted by atomic mass is 9.82. The van der Waals surface area contributed by atoms with Crippen molar-refractivity contribution >= 4 is 11.6 Å². The third kappa shape index (κ3) is 1.72. The zero-order chi connectivity index (χ0) is 10.9. The van der Waals surface area contributed by atoms with Crippen LogP contribution in [0.4, 0.5) is 5.82 Å². The number of nitrogens with zero attached hydrogens (tertiary/aromatic N) is 1. The average molecular weight is 205 g/mol. The van der Waals surface area contributed by atoms with Gasteiger partial charge in [0.05, 0.1) is 5.56 Å². The van der Waals surface area contributed by atoms with Crippen molar-refractivity contribution < 1.29 is 4.79 Å². The first-order valence-corrected chi connectivity index (χ1v) is 5.09. The summed E-state index contributed by atoms with van der Waals surface area (Å²) < 4.78 is 0. The first-order chi connectivity index (χ1) is 7.13. The third-order valence-corrected chi connectivity index (χ3v) is 3.00. The molecule has 0 saturated carbocycles. The van der Waals surface area contributed by atoms with Crippen LogP contribution >= 0.6 is 0 Å². The van der Waals surface area contributed by atoms with E-state index in [0.29, 0.717) is 11.4 Å². The van der Waals surface area contributed by atoms with Gasteiger partial charge in [-0.2, -0.15) is 0 Å². The van der Waals surface area contributed by atoms with Gasteiger partial charge in [0, 0.05) is 18.2 Å². The fourth-order valence-corrected chi connectivity index (χ4v) is 1.95. The molecule has 0 amide bonds. The average Bonchev–Trinajstić information content (AvgIpc) is 2.66. The quantitative estimate of drug-likeness (QED) is 0.702.